The number of hydrogen-bond donors (Lipinski definition) is 1. The Morgan fingerprint density at radius 3 is 2.51 bits per heavy atom. The van der Waals surface area contributed by atoms with Crippen molar-refractivity contribution in [3.8, 4) is 16.9 Å². The van der Waals surface area contributed by atoms with Crippen molar-refractivity contribution < 1.29 is 14.0 Å². The average molecular weight is 592 g/mol. The summed E-state index contributed by atoms with van der Waals surface area (Å²) in [5.41, 5.74) is 6.13. The van der Waals surface area contributed by atoms with Crippen LogP contribution in [0.25, 0.3) is 16.9 Å². The highest BCUT2D eigenvalue weighted by Crippen LogP contribution is 2.49. The van der Waals surface area contributed by atoms with Gasteiger partial charge >= 0.3 is 0 Å². The number of anilines is 1. The first-order chi connectivity index (χ1) is 20.9. The summed E-state index contributed by atoms with van der Waals surface area (Å²) >= 11 is 1.34. The number of nitrogens with zero attached hydrogens (tertiary/aromatic N) is 4. The Balaban J connectivity index is 1.55. The van der Waals surface area contributed by atoms with Crippen molar-refractivity contribution in [1.82, 2.24) is 20.1 Å². The Hall–Kier alpha value is -4.76. The van der Waals surface area contributed by atoms with Crippen LogP contribution in [0.5, 0.6) is 0 Å². The van der Waals surface area contributed by atoms with Crippen LogP contribution in [0.1, 0.15) is 33.2 Å². The largest absolute Gasteiger partial charge is 0.349 e. The van der Waals surface area contributed by atoms with Crippen LogP contribution in [0.15, 0.2) is 97.2 Å². The van der Waals surface area contributed by atoms with Crippen molar-refractivity contribution in [2.24, 2.45) is 0 Å². The minimum absolute atomic E-state index is 0.0578. The Morgan fingerprint density at radius 1 is 1.00 bits per heavy atom. The molecule has 1 aliphatic heterocycles. The van der Waals surface area contributed by atoms with Gasteiger partial charge in [0.25, 0.3) is 0 Å². The highest BCUT2D eigenvalue weighted by atomic mass is 32.2. The molecule has 1 aliphatic rings. The fourth-order valence-electron chi connectivity index (χ4n) is 5.36. The number of carbonyl (C=O) groups excluding carboxylic acids is 2. The monoisotopic (exact) mass is 591 g/mol. The molecule has 1 atom stereocenters. The van der Waals surface area contributed by atoms with E-state index in [0.717, 1.165) is 22.4 Å². The molecule has 0 spiro atoms. The molecule has 0 aliphatic carbocycles. The smallest absolute Gasteiger partial charge is 0.240 e. The van der Waals surface area contributed by atoms with Gasteiger partial charge in [0, 0.05) is 22.9 Å². The van der Waals surface area contributed by atoms with Crippen LogP contribution in [-0.2, 0) is 16.1 Å². The molecule has 0 fully saturated rings. The third-order valence-electron chi connectivity index (χ3n) is 7.40. The number of benzene rings is 3. The molecule has 216 valence electrons. The number of fused-ring (bicyclic) bond motifs is 1. The summed E-state index contributed by atoms with van der Waals surface area (Å²) < 4.78 is 17.2. The minimum Gasteiger partial charge on any atom is -0.349 e. The van der Waals surface area contributed by atoms with Crippen LogP contribution in [-0.4, -0.2) is 38.9 Å². The third kappa shape index (κ3) is 5.81. The van der Waals surface area contributed by atoms with Crippen molar-refractivity contribution in [2.45, 2.75) is 25.6 Å². The summed E-state index contributed by atoms with van der Waals surface area (Å²) in [5, 5.41) is 7.45. The van der Waals surface area contributed by atoms with Gasteiger partial charge in [-0.15, -0.1) is 11.8 Å². The SMILES string of the molecule is Cc1ccc(-n2nc(-c3ccccc3)c3c2N(CC(=O)NCc2ccccn2)C(=O)CS[C@@H]3c2ccccc2F)c(C)c1. The predicted octanol–water partition coefficient (Wildman–Crippen LogP) is 6.18. The fourth-order valence-corrected chi connectivity index (χ4v) is 6.58. The van der Waals surface area contributed by atoms with E-state index >= 15 is 4.39 Å². The van der Waals surface area contributed by atoms with Crippen molar-refractivity contribution in [3.63, 3.8) is 0 Å². The number of carbonyl (C=O) groups is 2. The van der Waals surface area contributed by atoms with Gasteiger partial charge in [0.2, 0.25) is 11.8 Å². The second-order valence-electron chi connectivity index (χ2n) is 10.4. The molecule has 2 amide bonds. The van der Waals surface area contributed by atoms with E-state index in [-0.39, 0.29) is 36.5 Å². The molecular weight excluding hydrogens is 561 g/mol. The maximum atomic E-state index is 15.4. The Labute approximate surface area is 253 Å². The lowest BCUT2D eigenvalue weighted by molar-refractivity contribution is -0.123. The number of aryl methyl sites for hydroxylation is 2. The Morgan fingerprint density at radius 2 is 1.77 bits per heavy atom. The molecule has 0 bridgehead atoms. The van der Waals surface area contributed by atoms with E-state index in [1.807, 2.05) is 74.5 Å². The second-order valence-corrected chi connectivity index (χ2v) is 11.5. The van der Waals surface area contributed by atoms with Crippen LogP contribution >= 0.6 is 11.8 Å². The van der Waals surface area contributed by atoms with E-state index in [1.165, 1.54) is 22.7 Å². The van der Waals surface area contributed by atoms with Crippen LogP contribution in [0.2, 0.25) is 0 Å². The van der Waals surface area contributed by atoms with Gasteiger partial charge in [-0.2, -0.15) is 5.10 Å². The van der Waals surface area contributed by atoms with Gasteiger partial charge in [0.1, 0.15) is 18.2 Å². The zero-order chi connectivity index (χ0) is 29.9. The topological polar surface area (TPSA) is 80.1 Å². The normalized spacial score (nSPS) is 14.7. The molecule has 0 saturated heterocycles. The van der Waals surface area contributed by atoms with E-state index in [1.54, 1.807) is 29.1 Å². The third-order valence-corrected chi connectivity index (χ3v) is 8.64. The first-order valence-electron chi connectivity index (χ1n) is 14.0. The maximum absolute atomic E-state index is 15.4. The summed E-state index contributed by atoms with van der Waals surface area (Å²) in [6, 6.07) is 27.8. The molecule has 2 aromatic heterocycles. The molecule has 0 unspecified atom stereocenters. The molecular formula is C34H30FN5O2S. The second kappa shape index (κ2) is 12.2. The number of nitrogens with one attached hydrogen (secondary N) is 1. The van der Waals surface area contributed by atoms with Crippen LogP contribution < -0.4 is 10.2 Å². The number of aromatic nitrogens is 3. The van der Waals surface area contributed by atoms with E-state index in [4.69, 9.17) is 5.10 Å². The van der Waals surface area contributed by atoms with Crippen molar-refractivity contribution in [2.75, 3.05) is 17.2 Å². The Kier molecular flexibility index (Phi) is 8.07. The predicted molar refractivity (Wildman–Crippen MR) is 168 cm³/mol. The minimum atomic E-state index is -0.545. The fraction of sp³-hybridized carbons (Fsp3) is 0.176. The van der Waals surface area contributed by atoms with Gasteiger partial charge in [0.05, 0.1) is 34.6 Å². The molecule has 9 heteroatoms. The zero-order valence-corrected chi connectivity index (χ0v) is 24.6. The molecule has 5 aromatic rings. The van der Waals surface area contributed by atoms with Crippen LogP contribution in [0.3, 0.4) is 0 Å². The summed E-state index contributed by atoms with van der Waals surface area (Å²) in [5.74, 6) is -0.444. The number of thioether (sulfide) groups is 1. The van der Waals surface area contributed by atoms with Gasteiger partial charge in [-0.05, 0) is 43.7 Å². The van der Waals surface area contributed by atoms with E-state index in [0.29, 0.717) is 28.3 Å². The lowest BCUT2D eigenvalue weighted by Gasteiger charge is -2.24. The standard InChI is InChI=1S/C34H30FN5O2S/c1-22-15-16-28(23(2)18-22)40-34-31(32(38-40)24-10-4-3-5-11-24)33(26-13-6-7-14-27(26)35)43-21-30(42)39(34)20-29(41)37-19-25-12-8-9-17-36-25/h3-18,33H,19-21H2,1-2H3,(H,37,41)/t33-/m1/s1. The number of hydrogen-bond acceptors (Lipinski definition) is 5. The molecule has 1 N–H and O–H groups in total. The van der Waals surface area contributed by atoms with Crippen molar-refractivity contribution in [3.05, 3.63) is 131 Å². The van der Waals surface area contributed by atoms with Gasteiger partial charge < -0.3 is 5.32 Å². The number of rotatable bonds is 7. The van der Waals surface area contributed by atoms with Crippen molar-refractivity contribution >= 4 is 29.4 Å². The Bertz CT molecular complexity index is 1790. The highest BCUT2D eigenvalue weighted by Gasteiger charge is 2.38. The van der Waals surface area contributed by atoms with Gasteiger partial charge in [-0.25, -0.2) is 9.07 Å². The van der Waals surface area contributed by atoms with E-state index in [2.05, 4.69) is 16.4 Å². The molecule has 3 aromatic carbocycles. The lowest BCUT2D eigenvalue weighted by atomic mass is 9.99. The summed E-state index contributed by atoms with van der Waals surface area (Å²) in [4.78, 5) is 33.0. The first-order valence-corrected chi connectivity index (χ1v) is 15.0. The summed E-state index contributed by atoms with van der Waals surface area (Å²) in [6.07, 6.45) is 1.67. The van der Waals surface area contributed by atoms with E-state index in [9.17, 15) is 9.59 Å². The molecule has 0 saturated carbocycles. The molecule has 0 radical (unpaired) electrons. The van der Waals surface area contributed by atoms with E-state index < -0.39 is 5.25 Å². The lowest BCUT2D eigenvalue weighted by Crippen LogP contribution is -2.42. The quantitative estimate of drug-likeness (QED) is 0.245. The zero-order valence-electron chi connectivity index (χ0n) is 23.8. The summed E-state index contributed by atoms with van der Waals surface area (Å²) in [7, 11) is 0. The van der Waals surface area contributed by atoms with Crippen molar-refractivity contribution in [1.29, 1.82) is 0 Å². The number of amides is 2. The van der Waals surface area contributed by atoms with Gasteiger partial charge in [0.15, 0.2) is 0 Å². The number of pyridine rings is 1. The molecule has 43 heavy (non-hydrogen) atoms. The van der Waals surface area contributed by atoms with Gasteiger partial charge in [-0.3, -0.25) is 19.5 Å². The highest BCUT2D eigenvalue weighted by molar-refractivity contribution is 8.00. The average Bonchev–Trinajstić information content (AvgIpc) is 3.34. The molecule has 7 nitrogen and oxygen atoms in total. The summed E-state index contributed by atoms with van der Waals surface area (Å²) in [6.45, 7) is 4.01. The molecule has 6 rings (SSSR count). The maximum Gasteiger partial charge on any atom is 0.240 e. The van der Waals surface area contributed by atoms with Crippen LogP contribution in [0, 0.1) is 19.7 Å². The number of halogens is 1. The molecule has 3 heterocycles. The van der Waals surface area contributed by atoms with Gasteiger partial charge in [-0.1, -0.05) is 72.3 Å². The first kappa shape index (κ1) is 28.4. The van der Waals surface area contributed by atoms with Crippen LogP contribution in [0.4, 0.5) is 10.2 Å².